The molecule has 0 aromatic carbocycles. The maximum Gasteiger partial charge on any atom is 0.153 e. The molecule has 1 atom stereocenters. The number of rotatable bonds is 4. The van der Waals surface area contributed by atoms with Crippen molar-refractivity contribution < 1.29 is 4.74 Å². The van der Waals surface area contributed by atoms with Gasteiger partial charge in [0.25, 0.3) is 0 Å². The van der Waals surface area contributed by atoms with Crippen LogP contribution in [0.15, 0.2) is 0 Å². The van der Waals surface area contributed by atoms with E-state index in [0.717, 1.165) is 51.0 Å². The summed E-state index contributed by atoms with van der Waals surface area (Å²) < 4.78 is 5.50. The van der Waals surface area contributed by atoms with Crippen LogP contribution in [0.25, 0.3) is 0 Å². The molecule has 6 heteroatoms. The van der Waals surface area contributed by atoms with Crippen LogP contribution in [0.1, 0.15) is 37.3 Å². The summed E-state index contributed by atoms with van der Waals surface area (Å²) in [6.07, 6.45) is 2.35. The van der Waals surface area contributed by atoms with E-state index >= 15 is 0 Å². The van der Waals surface area contributed by atoms with E-state index in [0.29, 0.717) is 12.0 Å². The lowest BCUT2D eigenvalue weighted by Crippen LogP contribution is -2.47. The topological polar surface area (TPSA) is 57.3 Å². The molecule has 3 rings (SSSR count). The van der Waals surface area contributed by atoms with Crippen LogP contribution < -0.4 is 0 Å². The third-order valence-corrected chi connectivity index (χ3v) is 4.78. The average Bonchev–Trinajstić information content (AvgIpc) is 2.94. The van der Waals surface area contributed by atoms with Crippen molar-refractivity contribution in [1.82, 2.24) is 25.0 Å². The highest BCUT2D eigenvalue weighted by atomic mass is 16.5. The molecular formula is C15H27N5O. The number of aromatic nitrogens is 3. The normalized spacial score (nSPS) is 26.3. The van der Waals surface area contributed by atoms with E-state index in [9.17, 15) is 0 Å². The van der Waals surface area contributed by atoms with Crippen LogP contribution in [0.5, 0.6) is 0 Å². The molecule has 0 aliphatic carbocycles. The number of likely N-dealkylation sites (tertiary alicyclic amines) is 1. The van der Waals surface area contributed by atoms with Crippen molar-refractivity contribution in [3.05, 3.63) is 11.6 Å². The van der Waals surface area contributed by atoms with Crippen LogP contribution >= 0.6 is 0 Å². The van der Waals surface area contributed by atoms with Gasteiger partial charge in [0, 0.05) is 31.6 Å². The summed E-state index contributed by atoms with van der Waals surface area (Å²) >= 11 is 0. The minimum Gasteiger partial charge on any atom is -0.379 e. The summed E-state index contributed by atoms with van der Waals surface area (Å²) in [4.78, 5) is 9.61. The first kappa shape index (κ1) is 14.9. The molecular weight excluding hydrogens is 266 g/mol. The van der Waals surface area contributed by atoms with Gasteiger partial charge in [0.15, 0.2) is 5.82 Å². The molecule has 21 heavy (non-hydrogen) atoms. The summed E-state index contributed by atoms with van der Waals surface area (Å²) in [5.41, 5.74) is 0. The first-order valence-corrected chi connectivity index (χ1v) is 8.15. The highest BCUT2D eigenvalue weighted by molar-refractivity contribution is 4.99. The van der Waals surface area contributed by atoms with Gasteiger partial charge in [-0.3, -0.25) is 10.00 Å². The molecule has 2 fully saturated rings. The second-order valence-electron chi connectivity index (χ2n) is 6.35. The quantitative estimate of drug-likeness (QED) is 0.898. The molecule has 1 aromatic heterocycles. The monoisotopic (exact) mass is 293 g/mol. The number of ether oxygens (including phenoxy) is 1. The molecule has 1 N–H and O–H groups in total. The van der Waals surface area contributed by atoms with Gasteiger partial charge >= 0.3 is 0 Å². The molecule has 0 spiro atoms. The molecule has 118 valence electrons. The minimum atomic E-state index is 0.536. The Morgan fingerprint density at radius 1 is 1.24 bits per heavy atom. The highest BCUT2D eigenvalue weighted by Gasteiger charge is 2.24. The Morgan fingerprint density at radius 3 is 2.71 bits per heavy atom. The summed E-state index contributed by atoms with van der Waals surface area (Å²) in [5, 5.41) is 7.27. The van der Waals surface area contributed by atoms with Gasteiger partial charge in [0.2, 0.25) is 0 Å². The summed E-state index contributed by atoms with van der Waals surface area (Å²) in [6.45, 7) is 11.7. The van der Waals surface area contributed by atoms with Gasteiger partial charge in [-0.05, 0) is 39.8 Å². The number of hydrogen-bond acceptors (Lipinski definition) is 5. The van der Waals surface area contributed by atoms with E-state index in [4.69, 9.17) is 4.74 Å². The maximum atomic E-state index is 5.50. The Kier molecular flexibility index (Phi) is 4.87. The number of nitrogens with one attached hydrogen (secondary N) is 1. The Morgan fingerprint density at radius 2 is 2.05 bits per heavy atom. The van der Waals surface area contributed by atoms with Crippen molar-refractivity contribution in [3.63, 3.8) is 0 Å². The molecule has 0 bridgehead atoms. The fourth-order valence-corrected chi connectivity index (χ4v) is 3.32. The number of piperidine rings is 1. The van der Waals surface area contributed by atoms with Gasteiger partial charge < -0.3 is 9.64 Å². The van der Waals surface area contributed by atoms with Gasteiger partial charge in [-0.15, -0.1) is 0 Å². The predicted octanol–water partition coefficient (Wildman–Crippen LogP) is 1.01. The fraction of sp³-hybridized carbons (Fsp3) is 0.867. The van der Waals surface area contributed by atoms with Crippen LogP contribution in [-0.2, 0) is 4.74 Å². The van der Waals surface area contributed by atoms with E-state index in [2.05, 4.69) is 31.9 Å². The smallest absolute Gasteiger partial charge is 0.153 e. The number of morpholine rings is 1. The van der Waals surface area contributed by atoms with Gasteiger partial charge in [0.05, 0.1) is 13.2 Å². The van der Waals surface area contributed by atoms with Crippen molar-refractivity contribution in [2.24, 2.45) is 0 Å². The average molecular weight is 293 g/mol. The number of aryl methyl sites for hydroxylation is 1. The van der Waals surface area contributed by atoms with Crippen LogP contribution in [0.4, 0.5) is 0 Å². The van der Waals surface area contributed by atoms with E-state index in [1.807, 2.05) is 6.92 Å². The maximum absolute atomic E-state index is 5.50. The zero-order valence-electron chi connectivity index (χ0n) is 13.2. The molecule has 2 aliphatic rings. The van der Waals surface area contributed by atoms with Crippen molar-refractivity contribution in [2.75, 3.05) is 45.9 Å². The van der Waals surface area contributed by atoms with E-state index < -0.39 is 0 Å². The lowest BCUT2D eigenvalue weighted by Gasteiger charge is -2.36. The summed E-state index contributed by atoms with van der Waals surface area (Å²) in [7, 11) is 0. The lowest BCUT2D eigenvalue weighted by molar-refractivity contribution is -0.00490. The van der Waals surface area contributed by atoms with Gasteiger partial charge in [0.1, 0.15) is 5.82 Å². The zero-order valence-corrected chi connectivity index (χ0v) is 13.2. The molecule has 1 aromatic rings. The number of hydrogen-bond donors (Lipinski definition) is 1. The highest BCUT2D eigenvalue weighted by Crippen LogP contribution is 2.25. The fourth-order valence-electron chi connectivity index (χ4n) is 3.32. The minimum absolute atomic E-state index is 0.536. The third-order valence-electron chi connectivity index (χ3n) is 4.78. The van der Waals surface area contributed by atoms with Crippen LogP contribution in [0.2, 0.25) is 0 Å². The number of aromatic amines is 1. The Hall–Kier alpha value is -0.980. The second kappa shape index (κ2) is 6.85. The van der Waals surface area contributed by atoms with E-state index in [1.165, 1.54) is 19.4 Å². The van der Waals surface area contributed by atoms with Crippen molar-refractivity contribution in [3.8, 4) is 0 Å². The first-order chi connectivity index (χ1) is 10.2. The summed E-state index contributed by atoms with van der Waals surface area (Å²) in [5.74, 6) is 2.47. The molecule has 0 amide bonds. The zero-order chi connectivity index (χ0) is 14.7. The summed E-state index contributed by atoms with van der Waals surface area (Å²) in [6, 6.07) is 0.563. The first-order valence-electron chi connectivity index (χ1n) is 8.15. The largest absolute Gasteiger partial charge is 0.379 e. The van der Waals surface area contributed by atoms with Crippen LogP contribution in [-0.4, -0.2) is 77.0 Å². The van der Waals surface area contributed by atoms with E-state index in [-0.39, 0.29) is 0 Å². The number of nitrogens with zero attached hydrogens (tertiary/aromatic N) is 4. The van der Waals surface area contributed by atoms with Crippen LogP contribution in [0.3, 0.4) is 0 Å². The van der Waals surface area contributed by atoms with Gasteiger partial charge in [-0.2, -0.15) is 5.10 Å². The molecule has 1 unspecified atom stereocenters. The van der Waals surface area contributed by atoms with Gasteiger partial charge in [-0.25, -0.2) is 4.98 Å². The van der Waals surface area contributed by atoms with Crippen molar-refractivity contribution in [1.29, 1.82) is 0 Å². The molecule has 0 saturated carbocycles. The molecule has 0 radical (unpaired) electrons. The molecule has 6 nitrogen and oxygen atoms in total. The SMILES string of the molecule is Cc1nc(C2CCN(CCN3CCOCC3C)CC2)n[nH]1. The number of H-pyrrole nitrogens is 1. The van der Waals surface area contributed by atoms with Crippen LogP contribution in [0, 0.1) is 6.92 Å². The molecule has 2 saturated heterocycles. The predicted molar refractivity (Wildman–Crippen MR) is 81.4 cm³/mol. The standard InChI is InChI=1S/C15H27N5O/c1-12-11-21-10-9-20(12)8-7-19-5-3-14(4-6-19)15-16-13(2)17-18-15/h12,14H,3-11H2,1-2H3,(H,16,17,18). The van der Waals surface area contributed by atoms with Crippen molar-refractivity contribution in [2.45, 2.75) is 38.6 Å². The molecule has 2 aliphatic heterocycles. The van der Waals surface area contributed by atoms with Crippen molar-refractivity contribution >= 4 is 0 Å². The Bertz CT molecular complexity index is 441. The molecule has 3 heterocycles. The second-order valence-corrected chi connectivity index (χ2v) is 6.35. The third kappa shape index (κ3) is 3.81. The van der Waals surface area contributed by atoms with Gasteiger partial charge in [-0.1, -0.05) is 0 Å². The lowest BCUT2D eigenvalue weighted by atomic mass is 9.96. The Balaban J connectivity index is 1.41. The Labute approximate surface area is 126 Å². The van der Waals surface area contributed by atoms with E-state index in [1.54, 1.807) is 0 Å².